The number of nitrogens with one attached hydrogen (secondary N) is 1. The summed E-state index contributed by atoms with van der Waals surface area (Å²) in [4.78, 5) is 21.0. The van der Waals surface area contributed by atoms with E-state index in [1.807, 2.05) is 19.1 Å². The van der Waals surface area contributed by atoms with E-state index in [1.165, 1.54) is 0 Å². The van der Waals surface area contributed by atoms with Gasteiger partial charge >= 0.3 is 5.97 Å². The van der Waals surface area contributed by atoms with Gasteiger partial charge in [0.25, 0.3) is 0 Å². The molecular weight excluding hydrogens is 400 g/mol. The van der Waals surface area contributed by atoms with E-state index >= 15 is 0 Å². The van der Waals surface area contributed by atoms with Crippen LogP contribution in [0.25, 0.3) is 11.0 Å². The standard InChI is InChI=1S/C21H28N6O4/c1-4-5-8-23-19-18-17(24-20(25-19)21(29)31-12-22)13(2)26-27(18)10-15-7-6-14(11-28)9-16(15)30-3/h6-7,9,28H,4-5,8,10-12,22H2,1-3H3,(H,23,24,25). The van der Waals surface area contributed by atoms with E-state index in [0.717, 1.165) is 24.0 Å². The van der Waals surface area contributed by atoms with Crippen molar-refractivity contribution < 1.29 is 19.4 Å². The average molecular weight is 428 g/mol. The van der Waals surface area contributed by atoms with E-state index in [2.05, 4.69) is 27.3 Å². The van der Waals surface area contributed by atoms with Crippen molar-refractivity contribution in [3.8, 4) is 5.75 Å². The van der Waals surface area contributed by atoms with Gasteiger partial charge in [-0.05, 0) is 25.0 Å². The number of nitrogens with two attached hydrogens (primary N) is 1. The number of aryl methyl sites for hydroxylation is 1. The van der Waals surface area contributed by atoms with E-state index in [-0.39, 0.29) is 19.2 Å². The lowest BCUT2D eigenvalue weighted by molar-refractivity contribution is 0.0501. The molecule has 0 aliphatic carbocycles. The lowest BCUT2D eigenvalue weighted by Crippen LogP contribution is -2.17. The number of aliphatic hydroxyl groups excluding tert-OH is 1. The van der Waals surface area contributed by atoms with Crippen molar-refractivity contribution in [2.24, 2.45) is 5.73 Å². The summed E-state index contributed by atoms with van der Waals surface area (Å²) in [6.07, 6.45) is 1.95. The predicted molar refractivity (Wildman–Crippen MR) is 116 cm³/mol. The molecule has 0 bridgehead atoms. The van der Waals surface area contributed by atoms with Crippen molar-refractivity contribution >= 4 is 22.8 Å². The lowest BCUT2D eigenvalue weighted by atomic mass is 10.1. The topological polar surface area (TPSA) is 137 Å². The number of ether oxygens (including phenoxy) is 2. The number of rotatable bonds is 10. The minimum atomic E-state index is -0.684. The largest absolute Gasteiger partial charge is 0.496 e. The third-order valence-electron chi connectivity index (χ3n) is 4.83. The number of benzene rings is 1. The van der Waals surface area contributed by atoms with Crippen LogP contribution in [0, 0.1) is 6.92 Å². The molecule has 31 heavy (non-hydrogen) atoms. The molecule has 3 rings (SSSR count). The molecule has 3 aromatic rings. The first-order valence-corrected chi connectivity index (χ1v) is 10.1. The number of aromatic nitrogens is 4. The molecule has 0 fully saturated rings. The van der Waals surface area contributed by atoms with Crippen LogP contribution in [0.1, 0.15) is 47.2 Å². The van der Waals surface area contributed by atoms with Crippen molar-refractivity contribution in [3.05, 3.63) is 40.8 Å². The monoisotopic (exact) mass is 428 g/mol. The number of esters is 1. The van der Waals surface area contributed by atoms with Crippen LogP contribution < -0.4 is 15.8 Å². The van der Waals surface area contributed by atoms with Gasteiger partial charge in [-0.25, -0.2) is 14.8 Å². The Balaban J connectivity index is 2.09. The summed E-state index contributed by atoms with van der Waals surface area (Å²) in [5.74, 6) is 0.409. The number of fused-ring (bicyclic) bond motifs is 1. The first-order valence-electron chi connectivity index (χ1n) is 10.1. The van der Waals surface area contributed by atoms with E-state index in [0.29, 0.717) is 41.4 Å². The minimum absolute atomic E-state index is 0.0653. The molecule has 2 heterocycles. The molecule has 0 spiro atoms. The Morgan fingerprint density at radius 2 is 2.13 bits per heavy atom. The normalized spacial score (nSPS) is 11.0. The van der Waals surface area contributed by atoms with Crippen molar-refractivity contribution in [1.82, 2.24) is 19.7 Å². The lowest BCUT2D eigenvalue weighted by Gasteiger charge is -2.13. The molecule has 10 heteroatoms. The molecule has 0 radical (unpaired) electrons. The van der Waals surface area contributed by atoms with Crippen LogP contribution in [0.2, 0.25) is 0 Å². The van der Waals surface area contributed by atoms with E-state index in [4.69, 9.17) is 15.2 Å². The minimum Gasteiger partial charge on any atom is -0.496 e. The van der Waals surface area contributed by atoms with Gasteiger partial charge in [0, 0.05) is 12.1 Å². The zero-order chi connectivity index (χ0) is 22.4. The van der Waals surface area contributed by atoms with Gasteiger partial charge in [-0.15, -0.1) is 0 Å². The van der Waals surface area contributed by atoms with Crippen molar-refractivity contribution in [3.63, 3.8) is 0 Å². The number of nitrogens with zero attached hydrogens (tertiary/aromatic N) is 4. The van der Waals surface area contributed by atoms with Crippen LogP contribution in [0.3, 0.4) is 0 Å². The molecule has 1 aromatic carbocycles. The fraction of sp³-hybridized carbons (Fsp3) is 0.429. The van der Waals surface area contributed by atoms with Crippen molar-refractivity contribution in [2.75, 3.05) is 25.7 Å². The maximum absolute atomic E-state index is 12.2. The van der Waals surface area contributed by atoms with Crippen LogP contribution in [-0.4, -0.2) is 51.2 Å². The predicted octanol–water partition coefficient (Wildman–Crippen LogP) is 1.97. The van der Waals surface area contributed by atoms with Gasteiger partial charge in [0.1, 0.15) is 23.5 Å². The number of hydrogen-bond donors (Lipinski definition) is 3. The first kappa shape index (κ1) is 22.4. The van der Waals surface area contributed by atoms with Gasteiger partial charge in [-0.1, -0.05) is 25.5 Å². The Labute approximate surface area is 180 Å². The summed E-state index contributed by atoms with van der Waals surface area (Å²) in [5, 5.41) is 17.3. The highest BCUT2D eigenvalue weighted by molar-refractivity contribution is 5.93. The molecule has 0 saturated heterocycles. The molecule has 166 valence electrons. The molecule has 4 N–H and O–H groups in total. The Hall–Kier alpha value is -3.24. The molecule has 10 nitrogen and oxygen atoms in total. The second-order valence-electron chi connectivity index (χ2n) is 7.02. The van der Waals surface area contributed by atoms with Gasteiger partial charge in [0.15, 0.2) is 5.82 Å². The number of hydrogen-bond acceptors (Lipinski definition) is 9. The van der Waals surface area contributed by atoms with Crippen LogP contribution in [0.4, 0.5) is 5.82 Å². The zero-order valence-corrected chi connectivity index (χ0v) is 18.0. The molecule has 0 unspecified atom stereocenters. The first-order chi connectivity index (χ1) is 15.0. The quantitative estimate of drug-likeness (QED) is 0.251. The van der Waals surface area contributed by atoms with Crippen LogP contribution in [-0.2, 0) is 17.9 Å². The molecule has 2 aromatic heterocycles. The van der Waals surface area contributed by atoms with E-state index < -0.39 is 5.97 Å². The highest BCUT2D eigenvalue weighted by Crippen LogP contribution is 2.27. The summed E-state index contributed by atoms with van der Waals surface area (Å²) in [7, 11) is 1.59. The van der Waals surface area contributed by atoms with Crippen LogP contribution in [0.5, 0.6) is 5.75 Å². The second kappa shape index (κ2) is 10.2. The molecule has 0 aliphatic rings. The molecule has 0 amide bonds. The van der Waals surface area contributed by atoms with Gasteiger partial charge in [-0.3, -0.25) is 10.4 Å². The Bertz CT molecular complexity index is 1070. The molecular formula is C21H28N6O4. The Kier molecular flexibility index (Phi) is 7.37. The highest BCUT2D eigenvalue weighted by Gasteiger charge is 2.21. The fourth-order valence-corrected chi connectivity index (χ4v) is 3.26. The van der Waals surface area contributed by atoms with Gasteiger partial charge in [-0.2, -0.15) is 5.10 Å². The smallest absolute Gasteiger partial charge is 0.377 e. The van der Waals surface area contributed by atoms with Crippen LogP contribution >= 0.6 is 0 Å². The fourth-order valence-electron chi connectivity index (χ4n) is 3.26. The third kappa shape index (κ3) is 4.92. The number of methoxy groups -OCH3 is 1. The number of anilines is 1. The highest BCUT2D eigenvalue weighted by atomic mass is 16.5. The second-order valence-corrected chi connectivity index (χ2v) is 7.02. The van der Waals surface area contributed by atoms with Gasteiger partial charge in [0.05, 0.1) is 26.0 Å². The number of unbranched alkanes of at least 4 members (excludes halogenated alkanes) is 1. The van der Waals surface area contributed by atoms with Gasteiger partial charge in [0.2, 0.25) is 5.82 Å². The molecule has 0 saturated carbocycles. The number of carbonyl (C=O) groups is 1. The average Bonchev–Trinajstić information content (AvgIpc) is 3.09. The Morgan fingerprint density at radius 1 is 1.32 bits per heavy atom. The van der Waals surface area contributed by atoms with Gasteiger partial charge < -0.3 is 19.9 Å². The van der Waals surface area contributed by atoms with Crippen LogP contribution in [0.15, 0.2) is 18.2 Å². The summed E-state index contributed by atoms with van der Waals surface area (Å²) in [6, 6.07) is 5.53. The number of aliphatic hydroxyl groups is 1. The summed E-state index contributed by atoms with van der Waals surface area (Å²) >= 11 is 0. The maximum Gasteiger partial charge on any atom is 0.377 e. The van der Waals surface area contributed by atoms with Crippen molar-refractivity contribution in [1.29, 1.82) is 0 Å². The van der Waals surface area contributed by atoms with Crippen molar-refractivity contribution in [2.45, 2.75) is 39.8 Å². The summed E-state index contributed by atoms with van der Waals surface area (Å²) < 4.78 is 12.2. The third-order valence-corrected chi connectivity index (χ3v) is 4.83. The number of carbonyl (C=O) groups excluding carboxylic acids is 1. The Morgan fingerprint density at radius 3 is 2.81 bits per heavy atom. The SMILES string of the molecule is CCCCNc1nc(C(=O)OCN)nc2c(C)nn(Cc3ccc(CO)cc3OC)c12. The summed E-state index contributed by atoms with van der Waals surface area (Å²) in [6.45, 7) is 4.69. The molecule has 0 aliphatic heterocycles. The van der Waals surface area contributed by atoms with E-state index in [1.54, 1.807) is 17.9 Å². The van der Waals surface area contributed by atoms with E-state index in [9.17, 15) is 9.90 Å². The maximum atomic E-state index is 12.2. The zero-order valence-electron chi connectivity index (χ0n) is 18.0. The molecule has 0 atom stereocenters. The summed E-state index contributed by atoms with van der Waals surface area (Å²) in [5.41, 5.74) is 8.87.